The van der Waals surface area contributed by atoms with Gasteiger partial charge >= 0.3 is 11.9 Å². The van der Waals surface area contributed by atoms with Crippen LogP contribution in [0.5, 0.6) is 5.75 Å². The minimum Gasteiger partial charge on any atom is -0.484 e. The Balaban J connectivity index is 1.26. The van der Waals surface area contributed by atoms with Gasteiger partial charge in [-0.2, -0.15) is 0 Å². The highest BCUT2D eigenvalue weighted by Crippen LogP contribution is 2.41. The lowest BCUT2D eigenvalue weighted by atomic mass is 9.86. The first kappa shape index (κ1) is 30.4. The van der Waals surface area contributed by atoms with Gasteiger partial charge in [-0.25, -0.2) is 9.78 Å². The monoisotopic (exact) mass is 614 g/mol. The van der Waals surface area contributed by atoms with Crippen LogP contribution in [0.4, 0.5) is 0 Å². The van der Waals surface area contributed by atoms with Crippen molar-refractivity contribution in [3.63, 3.8) is 0 Å². The molecule has 3 aromatic rings. The predicted octanol–water partition coefficient (Wildman–Crippen LogP) is 4.20. The number of rotatable bonds is 10. The second kappa shape index (κ2) is 12.7. The lowest BCUT2D eigenvalue weighted by molar-refractivity contribution is -0.138. The van der Waals surface area contributed by atoms with Gasteiger partial charge in [-0.05, 0) is 73.4 Å². The Bertz CT molecular complexity index is 1600. The highest BCUT2D eigenvalue weighted by atomic mass is 16.5. The number of esters is 1. The lowest BCUT2D eigenvalue weighted by Crippen LogP contribution is -2.42. The van der Waals surface area contributed by atoms with E-state index >= 15 is 0 Å². The van der Waals surface area contributed by atoms with Gasteiger partial charge in [0.2, 0.25) is 5.91 Å². The average Bonchev–Trinajstić information content (AvgIpc) is 3.66. The molecule has 2 N–H and O–H groups in total. The average molecular weight is 615 g/mol. The van der Waals surface area contributed by atoms with Crippen molar-refractivity contribution < 1.29 is 33.8 Å². The van der Waals surface area contributed by atoms with Crippen molar-refractivity contribution >= 4 is 23.8 Å². The molecule has 3 fully saturated rings. The molecule has 11 heteroatoms. The minimum atomic E-state index is -1.06. The number of likely N-dealkylation sites (tertiary alicyclic amines) is 1. The molecule has 6 rings (SSSR count). The van der Waals surface area contributed by atoms with Crippen LogP contribution in [0.3, 0.4) is 0 Å². The van der Waals surface area contributed by atoms with E-state index in [9.17, 15) is 24.3 Å². The zero-order valence-corrected chi connectivity index (χ0v) is 25.5. The summed E-state index contributed by atoms with van der Waals surface area (Å²) in [4.78, 5) is 56.0. The van der Waals surface area contributed by atoms with Crippen LogP contribution in [0, 0.1) is 5.92 Å². The largest absolute Gasteiger partial charge is 0.484 e. The second-order valence-corrected chi connectivity index (χ2v) is 12.4. The van der Waals surface area contributed by atoms with Gasteiger partial charge in [0.1, 0.15) is 18.5 Å². The molecule has 4 atom stereocenters. The van der Waals surface area contributed by atoms with E-state index in [0.717, 1.165) is 5.56 Å². The summed E-state index contributed by atoms with van der Waals surface area (Å²) in [5.74, 6) is -1.30. The highest BCUT2D eigenvalue weighted by Gasteiger charge is 2.36. The number of nitrogens with one attached hydrogen (secondary N) is 1. The number of benzene rings is 2. The van der Waals surface area contributed by atoms with Crippen molar-refractivity contribution in [3.8, 4) is 5.75 Å². The fraction of sp³-hybridized carbons (Fsp3) is 0.441. The molecule has 0 radical (unpaired) electrons. The normalized spacial score (nSPS) is 21.1. The number of amides is 2. The second-order valence-electron chi connectivity index (χ2n) is 12.4. The maximum absolute atomic E-state index is 13.2. The summed E-state index contributed by atoms with van der Waals surface area (Å²) in [7, 11) is 1.75. The number of aryl methyl sites for hydroxylation is 1. The maximum atomic E-state index is 13.2. The number of cyclic esters (lactones) is 1. The molecule has 2 aliphatic heterocycles. The number of ether oxygens (including phenoxy) is 2. The number of hydrogen-bond donors (Lipinski definition) is 2. The third kappa shape index (κ3) is 6.72. The third-order valence-electron chi connectivity index (χ3n) is 9.05. The number of aromatic carboxylic acids is 1. The molecule has 0 spiro atoms. The van der Waals surface area contributed by atoms with Crippen LogP contribution >= 0.6 is 0 Å². The molecule has 236 valence electrons. The van der Waals surface area contributed by atoms with Crippen LogP contribution in [-0.4, -0.2) is 69.0 Å². The van der Waals surface area contributed by atoms with Crippen molar-refractivity contribution in [1.82, 2.24) is 19.8 Å². The summed E-state index contributed by atoms with van der Waals surface area (Å²) in [5.41, 5.74) is 2.89. The minimum absolute atomic E-state index is 0.0710. The van der Waals surface area contributed by atoms with Gasteiger partial charge in [-0.15, -0.1) is 0 Å². The van der Waals surface area contributed by atoms with E-state index in [4.69, 9.17) is 9.47 Å². The number of carbonyl (C=O) groups is 4. The molecule has 2 aromatic carbocycles. The van der Waals surface area contributed by atoms with Crippen LogP contribution < -0.4 is 10.1 Å². The van der Waals surface area contributed by atoms with Gasteiger partial charge in [0.25, 0.3) is 5.91 Å². The van der Waals surface area contributed by atoms with Crippen LogP contribution in [0.1, 0.15) is 94.6 Å². The standard InChI is InChI=1S/C34H38N4O7/c1-20(36-32(40)31-35-13-15-37(31)2)30(23-9-7-22(8-10-23)21-5-6-21)45-26-11-12-27(34(42)43)28(17-26)24-4-3-14-38(18-24)33(41)25-16-29(39)44-19-25/h7-13,15,17,20-21,24-25,30H,3-6,14,16,18-19H2,1-2H3,(H,36,40)(H,42,43)/t20-,24+,25+,30-/m0/s1. The quantitative estimate of drug-likeness (QED) is 0.324. The zero-order valence-electron chi connectivity index (χ0n) is 25.5. The fourth-order valence-corrected chi connectivity index (χ4v) is 6.42. The summed E-state index contributed by atoms with van der Waals surface area (Å²) in [6, 6.07) is 12.7. The number of aromatic nitrogens is 2. The van der Waals surface area contributed by atoms with Gasteiger partial charge < -0.3 is 29.4 Å². The van der Waals surface area contributed by atoms with Crippen LogP contribution in [-0.2, 0) is 21.4 Å². The summed E-state index contributed by atoms with van der Waals surface area (Å²) in [6.45, 7) is 2.84. The molecule has 1 saturated carbocycles. The molecule has 2 amide bonds. The van der Waals surface area contributed by atoms with E-state index in [1.165, 1.54) is 18.4 Å². The lowest BCUT2D eigenvalue weighted by Gasteiger charge is -2.35. The third-order valence-corrected chi connectivity index (χ3v) is 9.05. The summed E-state index contributed by atoms with van der Waals surface area (Å²) < 4.78 is 13.2. The van der Waals surface area contributed by atoms with Crippen LogP contribution in [0.2, 0.25) is 0 Å². The number of carboxylic acids is 1. The van der Waals surface area contributed by atoms with Gasteiger partial charge in [-0.1, -0.05) is 24.3 Å². The molecule has 2 saturated heterocycles. The smallest absolute Gasteiger partial charge is 0.335 e. The van der Waals surface area contributed by atoms with Crippen LogP contribution in [0.15, 0.2) is 54.9 Å². The molecule has 0 bridgehead atoms. The van der Waals surface area contributed by atoms with E-state index in [1.54, 1.807) is 47.1 Å². The van der Waals surface area contributed by atoms with E-state index in [1.807, 2.05) is 19.1 Å². The van der Waals surface area contributed by atoms with E-state index in [0.29, 0.717) is 43.2 Å². The SMILES string of the molecule is C[C@H](NC(=O)c1nccn1C)[C@H](Oc1ccc(C(=O)O)c([C@@H]2CCCN(C(=O)[C@H]3COC(=O)C3)C2)c1)c1ccc(C2CC2)cc1. The Kier molecular flexibility index (Phi) is 8.60. The van der Waals surface area contributed by atoms with Gasteiger partial charge in [0, 0.05) is 38.4 Å². The summed E-state index contributed by atoms with van der Waals surface area (Å²) in [5, 5.41) is 13.1. The predicted molar refractivity (Wildman–Crippen MR) is 163 cm³/mol. The summed E-state index contributed by atoms with van der Waals surface area (Å²) in [6.07, 6.45) is 6.53. The number of imidazole rings is 1. The van der Waals surface area contributed by atoms with Crippen molar-refractivity contribution in [1.29, 1.82) is 0 Å². The topological polar surface area (TPSA) is 140 Å². The van der Waals surface area contributed by atoms with Gasteiger partial charge in [0.15, 0.2) is 5.82 Å². The van der Waals surface area contributed by atoms with Crippen molar-refractivity contribution in [2.24, 2.45) is 13.0 Å². The number of nitrogens with zero attached hydrogens (tertiary/aromatic N) is 3. The Hall–Kier alpha value is -4.67. The van der Waals surface area contributed by atoms with E-state index < -0.39 is 24.0 Å². The molecule has 3 heterocycles. The van der Waals surface area contributed by atoms with Gasteiger partial charge in [-0.3, -0.25) is 14.4 Å². The molecule has 1 aromatic heterocycles. The highest BCUT2D eigenvalue weighted by molar-refractivity contribution is 5.91. The Labute approximate surface area is 261 Å². The molecule has 1 aliphatic carbocycles. The zero-order chi connectivity index (χ0) is 31.7. The van der Waals surface area contributed by atoms with Crippen molar-refractivity contribution in [3.05, 3.63) is 82.9 Å². The van der Waals surface area contributed by atoms with Crippen molar-refractivity contribution in [2.45, 2.75) is 63.0 Å². The first-order valence-electron chi connectivity index (χ1n) is 15.5. The summed E-state index contributed by atoms with van der Waals surface area (Å²) >= 11 is 0. The number of hydrogen-bond acceptors (Lipinski definition) is 7. The Morgan fingerprint density at radius 2 is 1.87 bits per heavy atom. The number of piperidine rings is 1. The van der Waals surface area contributed by atoms with Gasteiger partial charge in [0.05, 0.1) is 23.9 Å². The molecular formula is C34H38N4O7. The maximum Gasteiger partial charge on any atom is 0.335 e. The first-order valence-corrected chi connectivity index (χ1v) is 15.5. The Morgan fingerprint density at radius 3 is 2.51 bits per heavy atom. The fourth-order valence-electron chi connectivity index (χ4n) is 6.42. The van der Waals surface area contributed by atoms with Crippen LogP contribution in [0.25, 0.3) is 0 Å². The molecule has 0 unspecified atom stereocenters. The number of carboxylic acid groups (broad SMARTS) is 1. The number of carbonyl (C=O) groups excluding carboxylic acids is 3. The molecule has 45 heavy (non-hydrogen) atoms. The Morgan fingerprint density at radius 1 is 1.09 bits per heavy atom. The van der Waals surface area contributed by atoms with E-state index in [-0.39, 0.29) is 48.1 Å². The molecular weight excluding hydrogens is 576 g/mol. The molecule has 3 aliphatic rings. The first-order chi connectivity index (χ1) is 21.7. The molecule has 11 nitrogen and oxygen atoms in total. The van der Waals surface area contributed by atoms with Crippen molar-refractivity contribution in [2.75, 3.05) is 19.7 Å². The van der Waals surface area contributed by atoms with E-state index in [2.05, 4.69) is 22.4 Å².